The Balaban J connectivity index is 0.00000570. The van der Waals surface area contributed by atoms with Crippen LogP contribution in [0.3, 0.4) is 0 Å². The van der Waals surface area contributed by atoms with Crippen molar-refractivity contribution in [1.29, 1.82) is 0 Å². The van der Waals surface area contributed by atoms with Crippen LogP contribution in [0.5, 0.6) is 0 Å². The van der Waals surface area contributed by atoms with Crippen LogP contribution in [0.25, 0.3) is 36.2 Å². The lowest BCUT2D eigenvalue weighted by atomic mass is 10.00. The number of allylic oxidation sites excluding steroid dienone is 4. The number of aromatic nitrogens is 2. The summed E-state index contributed by atoms with van der Waals surface area (Å²) in [5, 5.41) is 19.4. The molecule has 1 fully saturated rings. The number of hydrogen-bond acceptors (Lipinski definition) is 7. The number of aryl methyl sites for hydroxylation is 2. The number of rotatable bonds is 29. The molecule has 0 amide bonds. The van der Waals surface area contributed by atoms with E-state index in [4.69, 9.17) is 0 Å². The van der Waals surface area contributed by atoms with Gasteiger partial charge in [0.05, 0.1) is 6.04 Å². The molecule has 1 aliphatic rings. The van der Waals surface area contributed by atoms with Crippen LogP contribution in [0.4, 0.5) is 5.69 Å². The van der Waals surface area contributed by atoms with Gasteiger partial charge in [-0.2, -0.15) is 0 Å². The van der Waals surface area contributed by atoms with Crippen molar-refractivity contribution < 1.29 is 0 Å². The third kappa shape index (κ3) is 15.9. The second kappa shape index (κ2) is 28.6. The van der Waals surface area contributed by atoms with Gasteiger partial charge in [-0.25, -0.2) is 0 Å². The average Bonchev–Trinajstić information content (AvgIpc) is 3.71. The number of unbranched alkanes of at least 4 members (excludes halogenated alkanes) is 4. The second-order valence-corrected chi connectivity index (χ2v) is 17.7. The highest BCUT2D eigenvalue weighted by atomic mass is 15.3. The standard InChI is InChI=1S/C55H83N9.C2H6/c1-15-49(26-25-41(6)56-14)64-47(12)43(8)55(48(64)13)51(16-2)60-29-22-20-18-19-21-28-58-42(7)38-63-34-32-62(33-35-63)31-23-30-59-45(10)54-44(9)53(61-46(54)11)37-40(5)50-36-39(4)24-27-52(50)57-17-3;1-2/h15-17,24,27,36-37,49,56-61H,1,3,6-7,10,12-13,18-23,25-26,28-35,38H2,2,4-5,8-9,11,14H3;1-2H3/b40-37+,51-16+;. The number of aromatic amines is 1. The van der Waals surface area contributed by atoms with Gasteiger partial charge in [-0.15, -0.1) is 6.58 Å². The molecule has 3 heterocycles. The van der Waals surface area contributed by atoms with Crippen LogP contribution >= 0.6 is 0 Å². The predicted octanol–water partition coefficient (Wildman–Crippen LogP) is 10.5. The molecule has 1 aromatic carbocycles. The van der Waals surface area contributed by atoms with Crippen LogP contribution in [-0.4, -0.2) is 85.3 Å². The Morgan fingerprint density at radius 2 is 1.42 bits per heavy atom. The van der Waals surface area contributed by atoms with Gasteiger partial charge in [-0.1, -0.05) is 96.4 Å². The zero-order valence-electron chi connectivity index (χ0n) is 42.9. The van der Waals surface area contributed by atoms with Crippen molar-refractivity contribution in [2.75, 3.05) is 71.3 Å². The summed E-state index contributed by atoms with van der Waals surface area (Å²) in [5.41, 5.74) is 15.9. The summed E-state index contributed by atoms with van der Waals surface area (Å²) in [6.45, 7) is 55.8. The number of nitrogens with one attached hydrogen (secondary N) is 6. The van der Waals surface area contributed by atoms with E-state index in [0.29, 0.717) is 0 Å². The van der Waals surface area contributed by atoms with Crippen molar-refractivity contribution in [2.24, 2.45) is 0 Å². The monoisotopic (exact) mass is 900 g/mol. The Labute approximate surface area is 401 Å². The lowest BCUT2D eigenvalue weighted by Crippen LogP contribution is -2.48. The van der Waals surface area contributed by atoms with Gasteiger partial charge < -0.3 is 41.0 Å². The SMILES string of the molecule is C=CNc1ccc(C)cc1/C(C)=C/c1[nH]c(C)c(C(=C)NCCCN2CCN(CC(=C)NCCCCCCCN/C(=C/C)c3c(C)c(=C)n(C(C=C)CCC(=C)NC)c3=C)CC2)c1C.CC. The average molecular weight is 900 g/mol. The van der Waals surface area contributed by atoms with E-state index in [1.807, 2.05) is 27.0 Å². The minimum atomic E-state index is 0.120. The summed E-state index contributed by atoms with van der Waals surface area (Å²) in [6.07, 6.45) is 17.0. The fraction of sp³-hybridized carbons (Fsp3) is 0.474. The van der Waals surface area contributed by atoms with Gasteiger partial charge in [0.1, 0.15) is 0 Å². The molecule has 0 aliphatic carbocycles. The topological polar surface area (TPSA) is 87.3 Å². The molecule has 9 nitrogen and oxygen atoms in total. The predicted molar refractivity (Wildman–Crippen MR) is 293 cm³/mol. The summed E-state index contributed by atoms with van der Waals surface area (Å²) >= 11 is 0. The molecule has 4 rings (SSSR count). The third-order valence-corrected chi connectivity index (χ3v) is 12.8. The van der Waals surface area contributed by atoms with Crippen LogP contribution in [0.1, 0.15) is 130 Å². The molecule has 362 valence electrons. The number of hydrogen-bond donors (Lipinski definition) is 6. The first-order valence-corrected chi connectivity index (χ1v) is 24.7. The summed E-state index contributed by atoms with van der Waals surface area (Å²) < 4.78 is 2.24. The number of benzene rings is 1. The van der Waals surface area contributed by atoms with Crippen LogP contribution in [0, 0.1) is 27.7 Å². The van der Waals surface area contributed by atoms with Crippen molar-refractivity contribution >= 4 is 41.9 Å². The van der Waals surface area contributed by atoms with E-state index in [-0.39, 0.29) is 6.04 Å². The summed E-state index contributed by atoms with van der Waals surface area (Å²) in [7, 11) is 1.92. The largest absolute Gasteiger partial charge is 0.392 e. The molecular formula is C57H89N9. The molecule has 66 heavy (non-hydrogen) atoms. The van der Waals surface area contributed by atoms with Crippen molar-refractivity contribution in [2.45, 2.75) is 113 Å². The Kier molecular flexibility index (Phi) is 23.8. The highest BCUT2D eigenvalue weighted by molar-refractivity contribution is 5.87. The van der Waals surface area contributed by atoms with Crippen molar-refractivity contribution in [3.8, 4) is 0 Å². The first-order chi connectivity index (χ1) is 31.7. The highest BCUT2D eigenvalue weighted by Crippen LogP contribution is 2.30. The first kappa shape index (κ1) is 55.0. The van der Waals surface area contributed by atoms with Crippen molar-refractivity contribution in [1.82, 2.24) is 40.6 Å². The van der Waals surface area contributed by atoms with Crippen molar-refractivity contribution in [3.63, 3.8) is 0 Å². The van der Waals surface area contributed by atoms with Crippen molar-refractivity contribution in [3.05, 3.63) is 136 Å². The quantitative estimate of drug-likeness (QED) is 0.0306. The molecule has 9 heteroatoms. The van der Waals surface area contributed by atoms with Gasteiger partial charge in [-0.3, -0.25) is 4.90 Å². The molecule has 0 radical (unpaired) electrons. The van der Waals surface area contributed by atoms with E-state index < -0.39 is 0 Å². The fourth-order valence-corrected chi connectivity index (χ4v) is 9.00. The molecule has 1 atom stereocenters. The Bertz CT molecular complexity index is 2220. The fourth-order valence-electron chi connectivity index (χ4n) is 9.00. The van der Waals surface area contributed by atoms with Crippen LogP contribution in [0.2, 0.25) is 0 Å². The van der Waals surface area contributed by atoms with Crippen LogP contribution in [-0.2, 0) is 0 Å². The molecule has 0 spiro atoms. The normalized spacial score (nSPS) is 13.9. The number of nitrogens with zero attached hydrogens (tertiary/aromatic N) is 3. The maximum Gasteiger partial charge on any atom is 0.0523 e. The first-order valence-electron chi connectivity index (χ1n) is 24.7. The molecular weight excluding hydrogens is 811 g/mol. The molecule has 1 saturated heterocycles. The van der Waals surface area contributed by atoms with E-state index in [2.05, 4.69) is 164 Å². The van der Waals surface area contributed by atoms with Gasteiger partial charge in [-0.05, 0) is 121 Å². The van der Waals surface area contributed by atoms with E-state index in [1.54, 1.807) is 6.20 Å². The summed E-state index contributed by atoms with van der Waals surface area (Å²) in [6, 6.07) is 6.57. The van der Waals surface area contributed by atoms with Crippen LogP contribution in [0.15, 0.2) is 80.8 Å². The lowest BCUT2D eigenvalue weighted by Gasteiger charge is -2.35. The lowest BCUT2D eigenvalue weighted by molar-refractivity contribution is 0.138. The Morgan fingerprint density at radius 3 is 2.06 bits per heavy atom. The minimum absolute atomic E-state index is 0.120. The maximum atomic E-state index is 4.50. The Hall–Kier alpha value is -5.38. The molecule has 0 saturated carbocycles. The van der Waals surface area contributed by atoms with Gasteiger partial charge in [0, 0.05) is 127 Å². The van der Waals surface area contributed by atoms with E-state index in [9.17, 15) is 0 Å². The summed E-state index contributed by atoms with van der Waals surface area (Å²) in [4.78, 5) is 8.73. The summed E-state index contributed by atoms with van der Waals surface area (Å²) in [5.74, 6) is 0. The molecule has 3 aromatic rings. The smallest absolute Gasteiger partial charge is 0.0523 e. The number of H-pyrrole nitrogens is 1. The van der Waals surface area contributed by atoms with Gasteiger partial charge in [0.15, 0.2) is 0 Å². The van der Waals surface area contributed by atoms with E-state index in [1.165, 1.54) is 59.1 Å². The zero-order chi connectivity index (χ0) is 48.8. The highest BCUT2D eigenvalue weighted by Gasteiger charge is 2.19. The molecule has 1 aliphatic heterocycles. The van der Waals surface area contributed by atoms with Gasteiger partial charge >= 0.3 is 0 Å². The Morgan fingerprint density at radius 1 is 0.788 bits per heavy atom. The maximum absolute atomic E-state index is 4.50. The van der Waals surface area contributed by atoms with Gasteiger partial charge in [0.25, 0.3) is 0 Å². The third-order valence-electron chi connectivity index (χ3n) is 12.8. The molecule has 1 unspecified atom stereocenters. The van der Waals surface area contributed by atoms with Gasteiger partial charge in [0.2, 0.25) is 0 Å². The number of piperazine rings is 1. The zero-order valence-corrected chi connectivity index (χ0v) is 42.9. The molecule has 2 aromatic heterocycles. The van der Waals surface area contributed by atoms with Crippen LogP contribution < -0.4 is 37.3 Å². The van der Waals surface area contributed by atoms with E-state index >= 15 is 0 Å². The second-order valence-electron chi connectivity index (χ2n) is 17.7. The molecule has 0 bridgehead atoms. The van der Waals surface area contributed by atoms with E-state index in [0.717, 1.165) is 141 Å². The minimum Gasteiger partial charge on any atom is -0.392 e. The molecule has 6 N–H and O–H groups in total. The number of anilines is 1.